The third-order valence-electron chi connectivity index (χ3n) is 13.2. The van der Waals surface area contributed by atoms with Gasteiger partial charge >= 0.3 is 0 Å². The third-order valence-corrected chi connectivity index (χ3v) is 17.7. The number of hydrogen-bond donors (Lipinski definition) is 3. The number of phenolic OH excluding ortho intramolecular Hbond substituents is 1. The summed E-state index contributed by atoms with van der Waals surface area (Å²) in [5.41, 5.74) is 3.58. The minimum absolute atomic E-state index is 0.0173. The highest BCUT2D eigenvalue weighted by atomic mass is 28.4. The average Bonchev–Trinajstić information content (AvgIpc) is 3.26. The Morgan fingerprint density at radius 3 is 2.55 bits per heavy atom. The summed E-state index contributed by atoms with van der Waals surface area (Å²) < 4.78 is 19.4. The summed E-state index contributed by atoms with van der Waals surface area (Å²) in [6, 6.07) is 21.7. The van der Waals surface area contributed by atoms with Gasteiger partial charge in [0.05, 0.1) is 43.5 Å². The number of benzene rings is 2. The molecule has 12 nitrogen and oxygen atoms in total. The minimum atomic E-state index is -2.21. The highest BCUT2D eigenvalue weighted by Gasteiger charge is 2.41. The molecule has 4 heterocycles. The molecule has 2 saturated heterocycles. The van der Waals surface area contributed by atoms with E-state index in [1.54, 1.807) is 12.1 Å². The van der Waals surface area contributed by atoms with E-state index < -0.39 is 8.32 Å². The lowest BCUT2D eigenvalue weighted by atomic mass is 9.89. The number of nitrogens with zero attached hydrogens (tertiary/aromatic N) is 4. The van der Waals surface area contributed by atoms with Crippen LogP contribution >= 0.6 is 0 Å². The molecule has 6 rings (SSSR count). The fourth-order valence-corrected chi connectivity index (χ4v) is 9.63. The minimum Gasteiger partial charge on any atom is -0.506 e. The number of fused-ring (bicyclic) bond motifs is 1. The fraction of sp³-hybridized carbons (Fsp3) is 0.571. The summed E-state index contributed by atoms with van der Waals surface area (Å²) in [7, 11) is -2.21. The summed E-state index contributed by atoms with van der Waals surface area (Å²) in [5, 5.41) is 14.9. The second-order valence-corrected chi connectivity index (χ2v) is 23.5. The van der Waals surface area contributed by atoms with Crippen LogP contribution in [-0.4, -0.2) is 123 Å². The van der Waals surface area contributed by atoms with E-state index in [-0.39, 0.29) is 34.0 Å². The van der Waals surface area contributed by atoms with Crippen molar-refractivity contribution in [3.8, 4) is 5.75 Å². The molecule has 0 radical (unpaired) electrons. The molecular weight excluding hydrogens is 797 g/mol. The smallest absolute Gasteiger partial charge is 0.248 e. The Kier molecular flexibility index (Phi) is 16.8. The number of likely N-dealkylation sites (tertiary alicyclic amines) is 1. The van der Waals surface area contributed by atoms with E-state index in [4.69, 9.17) is 13.9 Å². The van der Waals surface area contributed by atoms with Gasteiger partial charge < -0.3 is 44.0 Å². The molecule has 338 valence electrons. The molecule has 2 fully saturated rings. The molecule has 0 bridgehead atoms. The zero-order valence-electron chi connectivity index (χ0n) is 38.2. The first-order valence-electron chi connectivity index (χ1n) is 22.9. The number of morpholine rings is 1. The maximum atomic E-state index is 13.5. The number of pyridine rings is 2. The van der Waals surface area contributed by atoms with Gasteiger partial charge in [0.25, 0.3) is 0 Å². The Hall–Kier alpha value is -4.11. The number of hydrogen-bond acceptors (Lipinski definition) is 10. The van der Waals surface area contributed by atoms with Crippen molar-refractivity contribution in [2.45, 2.75) is 102 Å². The van der Waals surface area contributed by atoms with E-state index in [9.17, 15) is 14.7 Å². The molecule has 1 atom stereocenters. The maximum absolute atomic E-state index is 13.5. The van der Waals surface area contributed by atoms with E-state index in [1.807, 2.05) is 23.2 Å². The van der Waals surface area contributed by atoms with Crippen molar-refractivity contribution in [3.63, 3.8) is 0 Å². The summed E-state index contributed by atoms with van der Waals surface area (Å²) in [6.45, 7) is 22.3. The van der Waals surface area contributed by atoms with Crippen LogP contribution in [0.1, 0.15) is 82.6 Å². The zero-order valence-corrected chi connectivity index (χ0v) is 39.2. The molecule has 2 aromatic carbocycles. The van der Waals surface area contributed by atoms with Crippen LogP contribution in [0.3, 0.4) is 0 Å². The molecule has 3 N–H and O–H groups in total. The Labute approximate surface area is 370 Å². The summed E-state index contributed by atoms with van der Waals surface area (Å²) in [4.78, 5) is 39.9. The summed E-state index contributed by atoms with van der Waals surface area (Å²) in [6.07, 6.45) is 7.76. The van der Waals surface area contributed by atoms with Crippen LogP contribution < -0.4 is 15.8 Å². The number of unbranched alkanes of at least 4 members (excludes halogenated alkanes) is 1. The molecule has 62 heavy (non-hydrogen) atoms. The number of carbonyl (C=O) groups is 1. The van der Waals surface area contributed by atoms with E-state index in [0.717, 1.165) is 94.6 Å². The van der Waals surface area contributed by atoms with E-state index in [1.165, 1.54) is 17.2 Å². The van der Waals surface area contributed by atoms with E-state index in [0.29, 0.717) is 51.3 Å². The van der Waals surface area contributed by atoms with Gasteiger partial charge in [-0.1, -0.05) is 70.5 Å². The van der Waals surface area contributed by atoms with Crippen molar-refractivity contribution in [1.82, 2.24) is 25.1 Å². The largest absolute Gasteiger partial charge is 0.506 e. The predicted octanol–water partition coefficient (Wildman–Crippen LogP) is 7.47. The number of phenols is 1. The van der Waals surface area contributed by atoms with Gasteiger partial charge in [-0.15, -0.1) is 0 Å². The van der Waals surface area contributed by atoms with Gasteiger partial charge in [-0.3, -0.25) is 9.59 Å². The molecule has 1 unspecified atom stereocenters. The number of aromatic hydroxyl groups is 1. The van der Waals surface area contributed by atoms with Crippen LogP contribution in [0.25, 0.3) is 10.9 Å². The molecule has 2 aliphatic rings. The van der Waals surface area contributed by atoms with Crippen molar-refractivity contribution in [2.24, 2.45) is 0 Å². The number of rotatable bonds is 21. The van der Waals surface area contributed by atoms with Crippen LogP contribution in [0.5, 0.6) is 5.75 Å². The van der Waals surface area contributed by atoms with Crippen molar-refractivity contribution < 1.29 is 23.8 Å². The van der Waals surface area contributed by atoms with E-state index in [2.05, 4.69) is 102 Å². The topological polar surface area (TPSA) is 132 Å². The number of nitrogens with one attached hydrogen (secondary N) is 2. The highest BCUT2D eigenvalue weighted by molar-refractivity contribution is 6.74. The predicted molar refractivity (Wildman–Crippen MR) is 252 cm³/mol. The highest BCUT2D eigenvalue weighted by Crippen LogP contribution is 2.41. The Morgan fingerprint density at radius 2 is 1.81 bits per heavy atom. The van der Waals surface area contributed by atoms with Gasteiger partial charge in [0, 0.05) is 76.6 Å². The number of anilines is 1. The molecule has 0 aliphatic carbocycles. The molecule has 1 amide bonds. The van der Waals surface area contributed by atoms with Crippen molar-refractivity contribution in [3.05, 3.63) is 100.0 Å². The SMILES string of the molecule is CCCCN(CCNCC(O[Si](C)(C)C(C)(C)C)c1ccc(O)c2[nH]c(=O)ccc12)C(=O)CCOCCc1cccc(CCN2CCC3(CC2)CN(c2ccccn2)CCO3)c1. The first kappa shape index (κ1) is 47.4. The third kappa shape index (κ3) is 13.0. The van der Waals surface area contributed by atoms with Gasteiger partial charge in [-0.25, -0.2) is 4.98 Å². The lowest BCUT2D eigenvalue weighted by Gasteiger charge is -2.47. The van der Waals surface area contributed by atoms with Gasteiger partial charge in [-0.2, -0.15) is 0 Å². The molecule has 4 aromatic rings. The normalized spacial score (nSPS) is 16.5. The molecule has 13 heteroatoms. The lowest BCUT2D eigenvalue weighted by Crippen LogP contribution is -2.57. The van der Waals surface area contributed by atoms with Crippen molar-refractivity contribution in [2.75, 3.05) is 83.6 Å². The van der Waals surface area contributed by atoms with Crippen molar-refractivity contribution >= 4 is 30.9 Å². The quantitative estimate of drug-likeness (QED) is 0.0573. The van der Waals surface area contributed by atoms with E-state index >= 15 is 0 Å². The van der Waals surface area contributed by atoms with Gasteiger partial charge in [0.1, 0.15) is 11.6 Å². The second kappa shape index (κ2) is 22.0. The Bertz CT molecular complexity index is 2080. The van der Waals surface area contributed by atoms with Crippen LogP contribution in [0.4, 0.5) is 5.82 Å². The molecule has 0 saturated carbocycles. The van der Waals surface area contributed by atoms with Gasteiger partial charge in [0.2, 0.25) is 11.5 Å². The zero-order chi connectivity index (χ0) is 44.2. The molecule has 1 spiro atoms. The average molecular weight is 869 g/mol. The molecular formula is C49H72N6O6Si. The number of amides is 1. The van der Waals surface area contributed by atoms with Crippen LogP contribution in [-0.2, 0) is 31.5 Å². The number of H-pyrrole nitrogens is 1. The first-order valence-corrected chi connectivity index (χ1v) is 25.9. The number of ether oxygens (including phenoxy) is 2. The van der Waals surface area contributed by atoms with Crippen LogP contribution in [0.2, 0.25) is 18.1 Å². The molecule has 2 aromatic heterocycles. The fourth-order valence-electron chi connectivity index (χ4n) is 8.35. The second-order valence-electron chi connectivity index (χ2n) is 18.8. The van der Waals surface area contributed by atoms with Gasteiger partial charge in [0.15, 0.2) is 8.32 Å². The van der Waals surface area contributed by atoms with Crippen LogP contribution in [0, 0.1) is 0 Å². The van der Waals surface area contributed by atoms with Gasteiger partial charge in [-0.05, 0) is 91.2 Å². The Balaban J connectivity index is 0.925. The monoisotopic (exact) mass is 869 g/mol. The number of carbonyl (C=O) groups excluding carboxylic acids is 1. The Morgan fingerprint density at radius 1 is 1.02 bits per heavy atom. The number of aromatic nitrogens is 2. The maximum Gasteiger partial charge on any atom is 0.248 e. The summed E-state index contributed by atoms with van der Waals surface area (Å²) in [5.74, 6) is 1.18. The standard InChI is InChI=1S/C49H72N6O6Si/c1-7-8-26-54(30-25-50-36-43(61-62(5,6)48(2,3)4)40-15-17-42(56)47-41(40)16-18-45(57)52-47)46(58)21-33-59-32-20-39-13-11-12-38(35-39)19-27-53-28-22-49(23-29-53)37-55(31-34-60-49)44-14-9-10-24-51-44/h9-18,24,35,43,50,56H,7-8,19-23,25-34,36-37H2,1-6H3,(H,52,57). The van der Waals surface area contributed by atoms with Crippen molar-refractivity contribution in [1.29, 1.82) is 0 Å². The number of aromatic amines is 1. The lowest BCUT2D eigenvalue weighted by molar-refractivity contribution is -0.132. The number of piperidine rings is 1. The first-order chi connectivity index (χ1) is 29.8. The molecule has 2 aliphatic heterocycles. The van der Waals surface area contributed by atoms with Crippen LogP contribution in [0.15, 0.2) is 77.7 Å². The summed E-state index contributed by atoms with van der Waals surface area (Å²) >= 11 is 0.